The van der Waals surface area contributed by atoms with Crippen molar-refractivity contribution in [2.24, 2.45) is 0 Å². The molecule has 0 aliphatic heterocycles. The van der Waals surface area contributed by atoms with Gasteiger partial charge in [-0.25, -0.2) is 19.7 Å². The highest BCUT2D eigenvalue weighted by Crippen LogP contribution is 2.08. The van der Waals surface area contributed by atoms with Crippen LogP contribution < -0.4 is 10.1 Å². The van der Waals surface area contributed by atoms with Crippen LogP contribution >= 0.6 is 0 Å². The summed E-state index contributed by atoms with van der Waals surface area (Å²) in [6.07, 6.45) is -2.13. The molecule has 2 amide bonds. The van der Waals surface area contributed by atoms with Gasteiger partial charge in [0.2, 0.25) is 0 Å². The van der Waals surface area contributed by atoms with E-state index in [0.29, 0.717) is 4.41 Å². The average Bonchev–Trinajstić information content (AvgIpc) is 2.08. The molecule has 0 rings (SSSR count). The maximum atomic E-state index is 11.8. The molecule has 124 valence electrons. The van der Waals surface area contributed by atoms with Crippen LogP contribution in [0, 0.1) is 0 Å². The molecule has 0 atom stereocenters. The van der Waals surface area contributed by atoms with E-state index in [0.717, 1.165) is 7.05 Å². The fourth-order valence-electron chi connectivity index (χ4n) is 0.962. The molecule has 0 spiro atoms. The summed E-state index contributed by atoms with van der Waals surface area (Å²) in [4.78, 5) is 22.9. The Labute approximate surface area is 125 Å². The minimum Gasteiger partial charge on any atom is -0.443 e. The number of ether oxygens (including phenoxy) is 2. The van der Waals surface area contributed by atoms with Crippen LogP contribution in [-0.4, -0.2) is 43.3 Å². The van der Waals surface area contributed by atoms with Crippen molar-refractivity contribution in [2.75, 3.05) is 7.05 Å². The molecule has 9 nitrogen and oxygen atoms in total. The molecule has 0 saturated heterocycles. The molecule has 0 aromatic heterocycles. The standard InChI is InChI=1S/C11H23N3O6S/c1-10(2,3)19-8(15)12-14(7)21(17,18)13-9(16)20-11(4,5)6/h1-7H3,(H,12,15)(H,13,16). The molecule has 0 bridgehead atoms. The molecule has 10 heteroatoms. The van der Waals surface area contributed by atoms with E-state index in [1.165, 1.54) is 0 Å². The van der Waals surface area contributed by atoms with Crippen LogP contribution in [0.5, 0.6) is 0 Å². The SMILES string of the molecule is CN(NC(=O)OC(C)(C)C)S(=O)(=O)NC(=O)OC(C)(C)C. The Kier molecular flexibility index (Phi) is 6.00. The van der Waals surface area contributed by atoms with Gasteiger partial charge in [0.15, 0.2) is 0 Å². The van der Waals surface area contributed by atoms with Gasteiger partial charge in [0.25, 0.3) is 0 Å². The first-order valence-corrected chi connectivity index (χ1v) is 7.56. The molecule has 0 aromatic carbocycles. The molecular weight excluding hydrogens is 302 g/mol. The number of hydrazine groups is 1. The smallest absolute Gasteiger partial charge is 0.423 e. The van der Waals surface area contributed by atoms with E-state index in [1.807, 2.05) is 5.43 Å². The molecule has 2 N–H and O–H groups in total. The van der Waals surface area contributed by atoms with Gasteiger partial charge in [-0.3, -0.25) is 0 Å². The summed E-state index contributed by atoms with van der Waals surface area (Å²) in [5.41, 5.74) is 0.324. The van der Waals surface area contributed by atoms with Gasteiger partial charge in [0.1, 0.15) is 11.2 Å². The Balaban J connectivity index is 4.64. The van der Waals surface area contributed by atoms with Crippen molar-refractivity contribution in [3.63, 3.8) is 0 Å². The number of carbonyl (C=O) groups excluding carboxylic acids is 2. The Morgan fingerprint density at radius 3 is 1.67 bits per heavy atom. The lowest BCUT2D eigenvalue weighted by atomic mass is 10.2. The molecule has 21 heavy (non-hydrogen) atoms. The van der Waals surface area contributed by atoms with E-state index in [-0.39, 0.29) is 0 Å². The van der Waals surface area contributed by atoms with Crippen LogP contribution in [0.2, 0.25) is 0 Å². The van der Waals surface area contributed by atoms with Gasteiger partial charge >= 0.3 is 22.4 Å². The highest BCUT2D eigenvalue weighted by molar-refractivity contribution is 7.87. The van der Waals surface area contributed by atoms with Gasteiger partial charge in [0, 0.05) is 7.05 Å². The van der Waals surface area contributed by atoms with Gasteiger partial charge < -0.3 is 9.47 Å². The van der Waals surface area contributed by atoms with E-state index in [1.54, 1.807) is 46.3 Å². The van der Waals surface area contributed by atoms with E-state index in [9.17, 15) is 18.0 Å². The zero-order valence-corrected chi connectivity index (χ0v) is 14.1. The lowest BCUT2D eigenvalue weighted by Gasteiger charge is -2.24. The highest BCUT2D eigenvalue weighted by atomic mass is 32.2. The Bertz CT molecular complexity index is 489. The molecule has 0 heterocycles. The van der Waals surface area contributed by atoms with Crippen LogP contribution in [0.15, 0.2) is 0 Å². The average molecular weight is 325 g/mol. The van der Waals surface area contributed by atoms with Crippen molar-refractivity contribution in [3.8, 4) is 0 Å². The molecule has 0 radical (unpaired) electrons. The molecule has 0 aliphatic carbocycles. The van der Waals surface area contributed by atoms with Gasteiger partial charge in [-0.1, -0.05) is 4.41 Å². The van der Waals surface area contributed by atoms with Gasteiger partial charge in [0.05, 0.1) is 0 Å². The third kappa shape index (κ3) is 9.08. The lowest BCUT2D eigenvalue weighted by Crippen LogP contribution is -2.51. The normalized spacial score (nSPS) is 12.8. The molecule has 0 unspecified atom stereocenters. The molecule has 0 aromatic rings. The fourth-order valence-corrected chi connectivity index (χ4v) is 1.55. The second kappa shape index (κ2) is 6.48. The summed E-state index contributed by atoms with van der Waals surface area (Å²) in [7, 11) is -3.25. The van der Waals surface area contributed by atoms with Crippen molar-refractivity contribution in [2.45, 2.75) is 52.7 Å². The number of rotatable bonds is 3. The highest BCUT2D eigenvalue weighted by Gasteiger charge is 2.27. The minimum atomic E-state index is -4.29. The van der Waals surface area contributed by atoms with Crippen molar-refractivity contribution in [1.82, 2.24) is 14.6 Å². The van der Waals surface area contributed by atoms with Crippen LogP contribution in [0.4, 0.5) is 9.59 Å². The number of hydrogen-bond acceptors (Lipinski definition) is 6. The lowest BCUT2D eigenvalue weighted by molar-refractivity contribution is 0.0433. The quantitative estimate of drug-likeness (QED) is 0.752. The fraction of sp³-hybridized carbons (Fsp3) is 0.818. The second-order valence-electron chi connectivity index (χ2n) is 6.19. The number of amides is 2. The number of nitrogens with one attached hydrogen (secondary N) is 2. The van der Waals surface area contributed by atoms with Gasteiger partial charge in [-0.2, -0.15) is 8.42 Å². The minimum absolute atomic E-state index is 0.422. The van der Waals surface area contributed by atoms with E-state index in [2.05, 4.69) is 0 Å². The number of nitrogens with zero attached hydrogens (tertiary/aromatic N) is 1. The van der Waals surface area contributed by atoms with Crippen molar-refractivity contribution < 1.29 is 27.5 Å². The largest absolute Gasteiger partial charge is 0.443 e. The second-order valence-corrected chi connectivity index (χ2v) is 7.89. The summed E-state index contributed by atoms with van der Waals surface area (Å²) in [6, 6.07) is 0. The summed E-state index contributed by atoms with van der Waals surface area (Å²) >= 11 is 0. The topological polar surface area (TPSA) is 114 Å². The zero-order chi connectivity index (χ0) is 17.1. The first-order chi connectivity index (χ1) is 9.12. The predicted molar refractivity (Wildman–Crippen MR) is 75.4 cm³/mol. The Morgan fingerprint density at radius 2 is 1.29 bits per heavy atom. The van der Waals surface area contributed by atoms with Crippen molar-refractivity contribution in [3.05, 3.63) is 0 Å². The van der Waals surface area contributed by atoms with Crippen molar-refractivity contribution in [1.29, 1.82) is 0 Å². The Hall–Kier alpha value is -1.55. The van der Waals surface area contributed by atoms with E-state index in [4.69, 9.17) is 9.47 Å². The summed E-state index contributed by atoms with van der Waals surface area (Å²) < 4.78 is 35.3. The molecular formula is C11H23N3O6S. The summed E-state index contributed by atoms with van der Waals surface area (Å²) in [6.45, 7) is 9.63. The van der Waals surface area contributed by atoms with Gasteiger partial charge in [-0.05, 0) is 41.5 Å². The third-order valence-electron chi connectivity index (χ3n) is 1.62. The van der Waals surface area contributed by atoms with E-state index >= 15 is 0 Å². The van der Waals surface area contributed by atoms with Gasteiger partial charge in [-0.15, -0.1) is 0 Å². The molecule has 0 aliphatic rings. The predicted octanol–water partition coefficient (Wildman–Crippen LogP) is 1.13. The first-order valence-electron chi connectivity index (χ1n) is 6.12. The summed E-state index contributed by atoms with van der Waals surface area (Å²) in [5.74, 6) is 0. The Morgan fingerprint density at radius 1 is 0.905 bits per heavy atom. The first kappa shape index (κ1) is 19.4. The summed E-state index contributed by atoms with van der Waals surface area (Å²) in [5, 5.41) is 0. The zero-order valence-electron chi connectivity index (χ0n) is 13.3. The van der Waals surface area contributed by atoms with Crippen molar-refractivity contribution >= 4 is 22.4 Å². The number of carbonyl (C=O) groups is 2. The third-order valence-corrected chi connectivity index (χ3v) is 2.86. The van der Waals surface area contributed by atoms with Crippen LogP contribution in [0.25, 0.3) is 0 Å². The van der Waals surface area contributed by atoms with Crippen LogP contribution in [-0.2, 0) is 19.7 Å². The molecule has 0 saturated carbocycles. The number of hydrogen-bond donors (Lipinski definition) is 2. The monoisotopic (exact) mass is 325 g/mol. The van der Waals surface area contributed by atoms with E-state index < -0.39 is 33.6 Å². The maximum absolute atomic E-state index is 11.8. The van der Waals surface area contributed by atoms with Crippen LogP contribution in [0.1, 0.15) is 41.5 Å². The molecule has 0 fully saturated rings. The van der Waals surface area contributed by atoms with Crippen LogP contribution in [0.3, 0.4) is 0 Å². The maximum Gasteiger partial charge on any atom is 0.423 e.